The maximum atomic E-state index is 11.1. The second kappa shape index (κ2) is 7.90. The fraction of sp³-hybridized carbons (Fsp3) is 0.278. The Kier molecular flexibility index (Phi) is 5.90. The van der Waals surface area contributed by atoms with Crippen molar-refractivity contribution in [1.82, 2.24) is 0 Å². The van der Waals surface area contributed by atoms with Crippen LogP contribution in [0.25, 0.3) is 0 Å². The number of carbonyl (C=O) groups excluding carboxylic acids is 1. The normalized spacial score (nSPS) is 10.5. The predicted octanol–water partition coefficient (Wildman–Crippen LogP) is 4.72. The third-order valence-corrected chi connectivity index (χ3v) is 4.27. The van der Waals surface area contributed by atoms with Crippen LogP contribution in [0.3, 0.4) is 0 Å². The molecule has 3 nitrogen and oxygen atoms in total. The number of unbranched alkanes of at least 4 members (excludes halogenated alkanes) is 1. The molecular formula is C18H22N2OS. The van der Waals surface area contributed by atoms with E-state index in [1.807, 2.05) is 18.2 Å². The Bertz CT molecular complexity index is 655. The monoisotopic (exact) mass is 314 g/mol. The lowest BCUT2D eigenvalue weighted by molar-refractivity contribution is -0.114. The lowest BCUT2D eigenvalue weighted by Crippen LogP contribution is -2.07. The molecule has 0 unspecified atom stereocenters. The van der Waals surface area contributed by atoms with Gasteiger partial charge in [-0.05, 0) is 48.7 Å². The fourth-order valence-electron chi connectivity index (χ4n) is 2.19. The molecule has 0 spiro atoms. The Morgan fingerprint density at radius 1 is 1.18 bits per heavy atom. The minimum atomic E-state index is -0.115. The van der Waals surface area contributed by atoms with Crippen LogP contribution in [0.15, 0.2) is 52.3 Å². The van der Waals surface area contributed by atoms with Crippen LogP contribution in [0.5, 0.6) is 0 Å². The fourth-order valence-corrected chi connectivity index (χ4v) is 3.14. The zero-order valence-corrected chi connectivity index (χ0v) is 13.9. The van der Waals surface area contributed by atoms with E-state index in [1.165, 1.54) is 30.2 Å². The van der Waals surface area contributed by atoms with Gasteiger partial charge in [0.1, 0.15) is 0 Å². The maximum Gasteiger partial charge on any atom is 0.221 e. The molecule has 0 aromatic heterocycles. The Morgan fingerprint density at radius 3 is 2.64 bits per heavy atom. The van der Waals surface area contributed by atoms with E-state index in [9.17, 15) is 4.79 Å². The van der Waals surface area contributed by atoms with Gasteiger partial charge >= 0.3 is 0 Å². The maximum absolute atomic E-state index is 11.1. The lowest BCUT2D eigenvalue weighted by Gasteiger charge is -2.09. The van der Waals surface area contributed by atoms with E-state index in [4.69, 9.17) is 5.73 Å². The second-order valence-corrected chi connectivity index (χ2v) is 6.43. The summed E-state index contributed by atoms with van der Waals surface area (Å²) in [7, 11) is 0. The van der Waals surface area contributed by atoms with E-state index in [0.29, 0.717) is 11.4 Å². The smallest absolute Gasteiger partial charge is 0.221 e. The van der Waals surface area contributed by atoms with Crippen LogP contribution in [0.1, 0.15) is 32.3 Å². The SMILES string of the molecule is CCCCc1cccc(Sc2ccc(NC(C)=O)c(N)c2)c1. The molecule has 1 amide bonds. The van der Waals surface area contributed by atoms with Gasteiger partial charge in [-0.25, -0.2) is 0 Å². The number of nitrogens with two attached hydrogens (primary N) is 1. The van der Waals surface area contributed by atoms with Gasteiger partial charge in [0.25, 0.3) is 0 Å². The predicted molar refractivity (Wildman–Crippen MR) is 94.3 cm³/mol. The number of benzene rings is 2. The summed E-state index contributed by atoms with van der Waals surface area (Å²) in [6.07, 6.45) is 3.54. The van der Waals surface area contributed by atoms with Crippen molar-refractivity contribution in [2.24, 2.45) is 0 Å². The number of amides is 1. The first-order valence-electron chi connectivity index (χ1n) is 7.52. The largest absolute Gasteiger partial charge is 0.397 e. The topological polar surface area (TPSA) is 55.1 Å². The Balaban J connectivity index is 2.10. The summed E-state index contributed by atoms with van der Waals surface area (Å²) in [5.74, 6) is -0.115. The molecule has 22 heavy (non-hydrogen) atoms. The molecule has 0 aliphatic rings. The molecule has 2 rings (SSSR count). The first-order chi connectivity index (χ1) is 10.6. The van der Waals surface area contributed by atoms with Crippen molar-refractivity contribution in [2.75, 3.05) is 11.1 Å². The first-order valence-corrected chi connectivity index (χ1v) is 8.34. The molecule has 116 valence electrons. The summed E-state index contributed by atoms with van der Waals surface area (Å²) in [5, 5.41) is 2.72. The van der Waals surface area contributed by atoms with Gasteiger partial charge < -0.3 is 11.1 Å². The third-order valence-electron chi connectivity index (χ3n) is 3.29. The number of nitrogen functional groups attached to an aromatic ring is 1. The molecule has 2 aromatic carbocycles. The highest BCUT2D eigenvalue weighted by atomic mass is 32.2. The van der Waals surface area contributed by atoms with Crippen molar-refractivity contribution in [3.63, 3.8) is 0 Å². The van der Waals surface area contributed by atoms with Gasteiger partial charge in [-0.15, -0.1) is 0 Å². The minimum absolute atomic E-state index is 0.115. The number of rotatable bonds is 6. The van der Waals surface area contributed by atoms with Crippen LogP contribution in [-0.2, 0) is 11.2 Å². The van der Waals surface area contributed by atoms with Crippen LogP contribution in [-0.4, -0.2) is 5.91 Å². The molecule has 0 bridgehead atoms. The summed E-state index contributed by atoms with van der Waals surface area (Å²) in [6.45, 7) is 3.68. The Morgan fingerprint density at radius 2 is 1.95 bits per heavy atom. The van der Waals surface area contributed by atoms with Gasteiger partial charge in [-0.3, -0.25) is 4.79 Å². The molecule has 0 atom stereocenters. The average molecular weight is 314 g/mol. The Labute approximate surface area is 136 Å². The van der Waals surface area contributed by atoms with E-state index in [1.54, 1.807) is 11.8 Å². The molecule has 0 aliphatic carbocycles. The first kappa shape index (κ1) is 16.4. The molecular weight excluding hydrogens is 292 g/mol. The van der Waals surface area contributed by atoms with E-state index in [2.05, 4.69) is 36.5 Å². The van der Waals surface area contributed by atoms with Crippen molar-refractivity contribution in [2.45, 2.75) is 42.9 Å². The average Bonchev–Trinajstić information content (AvgIpc) is 2.48. The van der Waals surface area contributed by atoms with Gasteiger partial charge in [0, 0.05) is 16.7 Å². The standard InChI is InChI=1S/C18H22N2OS/c1-3-4-6-14-7-5-8-15(11-14)22-16-9-10-18(17(19)12-16)20-13(2)21/h5,7-12H,3-4,6,19H2,1-2H3,(H,20,21). The molecule has 4 heteroatoms. The van der Waals surface area contributed by atoms with Gasteiger partial charge in [-0.1, -0.05) is 37.2 Å². The second-order valence-electron chi connectivity index (χ2n) is 5.28. The summed E-state index contributed by atoms with van der Waals surface area (Å²) < 4.78 is 0. The van der Waals surface area contributed by atoms with Crippen LogP contribution >= 0.6 is 11.8 Å². The van der Waals surface area contributed by atoms with E-state index in [0.717, 1.165) is 11.3 Å². The van der Waals surface area contributed by atoms with Crippen LogP contribution in [0.4, 0.5) is 11.4 Å². The van der Waals surface area contributed by atoms with Gasteiger partial charge in [0.2, 0.25) is 5.91 Å². The molecule has 2 aromatic rings. The zero-order chi connectivity index (χ0) is 15.9. The number of hydrogen-bond donors (Lipinski definition) is 2. The zero-order valence-electron chi connectivity index (χ0n) is 13.1. The number of hydrogen-bond acceptors (Lipinski definition) is 3. The summed E-state index contributed by atoms with van der Waals surface area (Å²) in [4.78, 5) is 13.4. The molecule has 0 radical (unpaired) electrons. The van der Waals surface area contributed by atoms with Crippen molar-refractivity contribution in [3.8, 4) is 0 Å². The molecule has 3 N–H and O–H groups in total. The van der Waals surface area contributed by atoms with Crippen molar-refractivity contribution < 1.29 is 4.79 Å². The van der Waals surface area contributed by atoms with Crippen LogP contribution in [0, 0.1) is 0 Å². The van der Waals surface area contributed by atoms with Gasteiger partial charge in [0.15, 0.2) is 0 Å². The van der Waals surface area contributed by atoms with Gasteiger partial charge in [-0.2, -0.15) is 0 Å². The molecule has 0 fully saturated rings. The van der Waals surface area contributed by atoms with Crippen molar-refractivity contribution in [3.05, 3.63) is 48.0 Å². The molecule has 0 aliphatic heterocycles. The minimum Gasteiger partial charge on any atom is -0.397 e. The number of nitrogens with one attached hydrogen (secondary N) is 1. The van der Waals surface area contributed by atoms with Crippen LogP contribution < -0.4 is 11.1 Å². The van der Waals surface area contributed by atoms with Crippen molar-refractivity contribution >= 4 is 29.0 Å². The quantitative estimate of drug-likeness (QED) is 0.758. The number of anilines is 2. The highest BCUT2D eigenvalue weighted by molar-refractivity contribution is 7.99. The summed E-state index contributed by atoms with van der Waals surface area (Å²) in [6, 6.07) is 14.3. The van der Waals surface area contributed by atoms with Crippen molar-refractivity contribution in [1.29, 1.82) is 0 Å². The van der Waals surface area contributed by atoms with E-state index < -0.39 is 0 Å². The Hall–Kier alpha value is -1.94. The number of carbonyl (C=O) groups is 1. The van der Waals surface area contributed by atoms with Gasteiger partial charge in [0.05, 0.1) is 11.4 Å². The molecule has 0 saturated heterocycles. The van der Waals surface area contributed by atoms with Crippen LogP contribution in [0.2, 0.25) is 0 Å². The van der Waals surface area contributed by atoms with E-state index >= 15 is 0 Å². The summed E-state index contributed by atoms with van der Waals surface area (Å²) >= 11 is 1.68. The molecule has 0 heterocycles. The lowest BCUT2D eigenvalue weighted by atomic mass is 10.1. The summed E-state index contributed by atoms with van der Waals surface area (Å²) in [5.41, 5.74) is 8.61. The number of aryl methyl sites for hydroxylation is 1. The third kappa shape index (κ3) is 4.81. The highest BCUT2D eigenvalue weighted by Crippen LogP contribution is 2.32. The van der Waals surface area contributed by atoms with E-state index in [-0.39, 0.29) is 5.91 Å². The highest BCUT2D eigenvalue weighted by Gasteiger charge is 2.04. The molecule has 0 saturated carbocycles.